The second-order valence-electron chi connectivity index (χ2n) is 7.64. The number of hydrogen-bond acceptors (Lipinski definition) is 4. The highest BCUT2D eigenvalue weighted by atomic mass is 19.1. The molecule has 4 aromatic rings. The van der Waals surface area contributed by atoms with Crippen LogP contribution in [0.2, 0.25) is 0 Å². The van der Waals surface area contributed by atoms with Gasteiger partial charge in [0.05, 0.1) is 19.3 Å². The Bertz CT molecular complexity index is 1210. The molecule has 0 aliphatic heterocycles. The first-order valence-electron chi connectivity index (χ1n) is 10.6. The predicted octanol–water partition coefficient (Wildman–Crippen LogP) is 5.88. The summed E-state index contributed by atoms with van der Waals surface area (Å²) in [4.78, 5) is 14.7. The van der Waals surface area contributed by atoms with Crippen LogP contribution in [0.25, 0.3) is 0 Å². The zero-order valence-corrected chi connectivity index (χ0v) is 18.3. The van der Waals surface area contributed by atoms with Crippen LogP contribution < -0.4 is 10.1 Å². The van der Waals surface area contributed by atoms with Gasteiger partial charge in [-0.05, 0) is 35.9 Å². The molecule has 33 heavy (non-hydrogen) atoms. The summed E-state index contributed by atoms with van der Waals surface area (Å²) in [7, 11) is 1.66. The fraction of sp³-hybridized carbons (Fsp3) is 0.148. The third kappa shape index (κ3) is 5.87. The van der Waals surface area contributed by atoms with Crippen molar-refractivity contribution in [2.45, 2.75) is 19.6 Å². The summed E-state index contributed by atoms with van der Waals surface area (Å²) in [6.07, 6.45) is 0. The molecule has 0 bridgehead atoms. The summed E-state index contributed by atoms with van der Waals surface area (Å²) < 4.78 is 25.2. The van der Waals surface area contributed by atoms with Crippen molar-refractivity contribution in [2.24, 2.45) is 0 Å². The van der Waals surface area contributed by atoms with Crippen molar-refractivity contribution in [1.29, 1.82) is 0 Å². The Balaban J connectivity index is 1.50. The Morgan fingerprint density at radius 2 is 1.61 bits per heavy atom. The van der Waals surface area contributed by atoms with Gasteiger partial charge in [-0.25, -0.2) is 4.39 Å². The Kier molecular flexibility index (Phi) is 7.17. The molecule has 4 rings (SSSR count). The average molecular weight is 445 g/mol. The van der Waals surface area contributed by atoms with Crippen molar-refractivity contribution in [3.8, 4) is 5.75 Å². The topological polar surface area (TPSA) is 54.7 Å². The SMILES string of the molecule is COc1ccccc1CN(Cc1ccccc1)Cc1ccc(C(=O)Nc2ccccc2F)o1. The number of carbonyl (C=O) groups is 1. The highest BCUT2D eigenvalue weighted by Crippen LogP contribution is 2.23. The zero-order valence-electron chi connectivity index (χ0n) is 18.3. The first-order chi connectivity index (χ1) is 16.1. The third-order valence-corrected chi connectivity index (χ3v) is 5.22. The van der Waals surface area contributed by atoms with E-state index < -0.39 is 11.7 Å². The highest BCUT2D eigenvalue weighted by molar-refractivity contribution is 6.02. The molecule has 0 saturated heterocycles. The number of ether oxygens (including phenoxy) is 1. The number of rotatable bonds is 9. The van der Waals surface area contributed by atoms with E-state index in [1.165, 1.54) is 12.1 Å². The largest absolute Gasteiger partial charge is 0.496 e. The number of hydrogen-bond donors (Lipinski definition) is 1. The molecule has 0 aliphatic rings. The molecule has 0 radical (unpaired) electrons. The maximum Gasteiger partial charge on any atom is 0.291 e. The van der Waals surface area contributed by atoms with E-state index in [-0.39, 0.29) is 11.4 Å². The van der Waals surface area contributed by atoms with Gasteiger partial charge in [0.1, 0.15) is 17.3 Å². The summed E-state index contributed by atoms with van der Waals surface area (Å²) in [5, 5.41) is 2.55. The first kappa shape index (κ1) is 22.3. The van der Waals surface area contributed by atoms with Crippen LogP contribution >= 0.6 is 0 Å². The Labute approximate surface area is 192 Å². The van der Waals surface area contributed by atoms with Crippen LogP contribution in [0, 0.1) is 5.82 Å². The Hall–Kier alpha value is -3.90. The molecule has 3 aromatic carbocycles. The molecule has 1 amide bonds. The van der Waals surface area contributed by atoms with Crippen molar-refractivity contribution in [1.82, 2.24) is 4.90 Å². The molecule has 0 fully saturated rings. The van der Waals surface area contributed by atoms with Gasteiger partial charge in [0.25, 0.3) is 5.91 Å². The van der Waals surface area contributed by atoms with Gasteiger partial charge >= 0.3 is 0 Å². The summed E-state index contributed by atoms with van der Waals surface area (Å²) >= 11 is 0. The van der Waals surface area contributed by atoms with E-state index in [0.717, 1.165) is 16.9 Å². The minimum atomic E-state index is -0.497. The number of para-hydroxylation sites is 2. The maximum absolute atomic E-state index is 13.9. The van der Waals surface area contributed by atoms with E-state index in [2.05, 4.69) is 22.3 Å². The van der Waals surface area contributed by atoms with E-state index in [1.807, 2.05) is 42.5 Å². The van der Waals surface area contributed by atoms with Gasteiger partial charge in [0.2, 0.25) is 0 Å². The fourth-order valence-electron chi connectivity index (χ4n) is 3.64. The fourth-order valence-corrected chi connectivity index (χ4v) is 3.64. The smallest absolute Gasteiger partial charge is 0.291 e. The first-order valence-corrected chi connectivity index (χ1v) is 10.6. The monoisotopic (exact) mass is 444 g/mol. The molecule has 168 valence electrons. The van der Waals surface area contributed by atoms with Crippen molar-refractivity contribution >= 4 is 11.6 Å². The normalized spacial score (nSPS) is 10.9. The van der Waals surface area contributed by atoms with Gasteiger partial charge in [-0.1, -0.05) is 60.7 Å². The lowest BCUT2D eigenvalue weighted by Gasteiger charge is -2.22. The number of methoxy groups -OCH3 is 1. The van der Waals surface area contributed by atoms with E-state index in [4.69, 9.17) is 9.15 Å². The number of benzene rings is 3. The van der Waals surface area contributed by atoms with Crippen LogP contribution in [-0.4, -0.2) is 17.9 Å². The lowest BCUT2D eigenvalue weighted by Crippen LogP contribution is -2.22. The molecule has 1 aromatic heterocycles. The van der Waals surface area contributed by atoms with Crippen LogP contribution in [0.15, 0.2) is 95.4 Å². The molecule has 1 N–H and O–H groups in total. The molecule has 0 spiro atoms. The highest BCUT2D eigenvalue weighted by Gasteiger charge is 2.17. The molecule has 0 atom stereocenters. The predicted molar refractivity (Wildman–Crippen MR) is 125 cm³/mol. The van der Waals surface area contributed by atoms with Crippen LogP contribution in [0.4, 0.5) is 10.1 Å². The van der Waals surface area contributed by atoms with Crippen molar-refractivity contribution < 1.29 is 18.3 Å². The van der Waals surface area contributed by atoms with Gasteiger partial charge in [-0.15, -0.1) is 0 Å². The lowest BCUT2D eigenvalue weighted by molar-refractivity contribution is 0.0991. The summed E-state index contributed by atoms with van der Waals surface area (Å²) in [6, 6.07) is 27.5. The zero-order chi connectivity index (χ0) is 23.0. The van der Waals surface area contributed by atoms with Gasteiger partial charge in [0, 0.05) is 18.7 Å². The van der Waals surface area contributed by atoms with Crippen LogP contribution in [-0.2, 0) is 19.6 Å². The number of nitrogens with zero attached hydrogens (tertiary/aromatic N) is 1. The van der Waals surface area contributed by atoms with Crippen LogP contribution in [0.3, 0.4) is 0 Å². The van der Waals surface area contributed by atoms with Crippen LogP contribution in [0.5, 0.6) is 5.75 Å². The molecular weight excluding hydrogens is 419 g/mol. The van der Waals surface area contributed by atoms with Gasteiger partial charge in [0.15, 0.2) is 5.76 Å². The van der Waals surface area contributed by atoms with Crippen molar-refractivity contribution in [3.63, 3.8) is 0 Å². The molecule has 0 saturated carbocycles. The van der Waals surface area contributed by atoms with Crippen molar-refractivity contribution in [2.75, 3.05) is 12.4 Å². The standard InChI is InChI=1S/C27H25FN2O3/c1-32-25-14-8-5-11-21(25)18-30(17-20-9-3-2-4-10-20)19-22-15-16-26(33-22)27(31)29-24-13-7-6-12-23(24)28/h2-16H,17-19H2,1H3,(H,29,31). The minimum absolute atomic E-state index is 0.113. The van der Waals surface area contributed by atoms with E-state index in [1.54, 1.807) is 31.4 Å². The summed E-state index contributed by atoms with van der Waals surface area (Å²) in [6.45, 7) is 1.81. The molecule has 5 nitrogen and oxygen atoms in total. The molecule has 0 aliphatic carbocycles. The Morgan fingerprint density at radius 3 is 2.39 bits per heavy atom. The van der Waals surface area contributed by atoms with E-state index in [9.17, 15) is 9.18 Å². The molecule has 0 unspecified atom stereocenters. The second-order valence-corrected chi connectivity index (χ2v) is 7.64. The molecule has 6 heteroatoms. The number of nitrogens with one attached hydrogen (secondary N) is 1. The summed E-state index contributed by atoms with van der Waals surface area (Å²) in [5.41, 5.74) is 2.33. The van der Waals surface area contributed by atoms with Gasteiger partial charge in [-0.2, -0.15) is 0 Å². The minimum Gasteiger partial charge on any atom is -0.496 e. The number of halogens is 1. The number of anilines is 1. The third-order valence-electron chi connectivity index (χ3n) is 5.22. The van der Waals surface area contributed by atoms with E-state index in [0.29, 0.717) is 25.4 Å². The van der Waals surface area contributed by atoms with Crippen molar-refractivity contribution in [3.05, 3.63) is 119 Å². The summed E-state index contributed by atoms with van der Waals surface area (Å²) in [5.74, 6) is 0.596. The lowest BCUT2D eigenvalue weighted by atomic mass is 10.1. The number of furan rings is 1. The average Bonchev–Trinajstić information content (AvgIpc) is 3.30. The quantitative estimate of drug-likeness (QED) is 0.350. The van der Waals surface area contributed by atoms with E-state index >= 15 is 0 Å². The van der Waals surface area contributed by atoms with Crippen LogP contribution in [0.1, 0.15) is 27.4 Å². The molecular formula is C27H25FN2O3. The number of carbonyl (C=O) groups excluding carboxylic acids is 1. The van der Waals surface area contributed by atoms with Gasteiger partial charge in [-0.3, -0.25) is 9.69 Å². The molecule has 1 heterocycles. The maximum atomic E-state index is 13.9. The van der Waals surface area contributed by atoms with Gasteiger partial charge < -0.3 is 14.5 Å². The second kappa shape index (κ2) is 10.6. The number of amides is 1. The Morgan fingerprint density at radius 1 is 0.879 bits per heavy atom.